The van der Waals surface area contributed by atoms with E-state index < -0.39 is 12.1 Å². The lowest BCUT2D eigenvalue weighted by molar-refractivity contribution is -0.150. The zero-order valence-electron chi connectivity index (χ0n) is 11.3. The molecule has 6 heteroatoms. The van der Waals surface area contributed by atoms with E-state index in [-0.39, 0.29) is 5.02 Å². The van der Waals surface area contributed by atoms with Gasteiger partial charge in [-0.1, -0.05) is 18.5 Å². The SMILES string of the molecule is CCc1c(C(O)C(=O)OC)cc(Cl)c(OC)c1OC. The van der Waals surface area contributed by atoms with Gasteiger partial charge in [0, 0.05) is 11.1 Å². The summed E-state index contributed by atoms with van der Waals surface area (Å²) in [4.78, 5) is 11.5. The van der Waals surface area contributed by atoms with Gasteiger partial charge in [0.2, 0.25) is 0 Å². The molecule has 1 aromatic carbocycles. The van der Waals surface area contributed by atoms with E-state index >= 15 is 0 Å². The maximum atomic E-state index is 11.5. The highest BCUT2D eigenvalue weighted by molar-refractivity contribution is 6.32. The molecule has 0 fully saturated rings. The zero-order valence-corrected chi connectivity index (χ0v) is 12.1. The van der Waals surface area contributed by atoms with Crippen LogP contribution in [0, 0.1) is 0 Å². The van der Waals surface area contributed by atoms with Gasteiger partial charge < -0.3 is 19.3 Å². The third-order valence-electron chi connectivity index (χ3n) is 2.81. The minimum Gasteiger partial charge on any atom is -0.493 e. The van der Waals surface area contributed by atoms with Gasteiger partial charge >= 0.3 is 5.97 Å². The number of hydrogen-bond donors (Lipinski definition) is 1. The van der Waals surface area contributed by atoms with E-state index in [1.807, 2.05) is 6.92 Å². The number of methoxy groups -OCH3 is 3. The van der Waals surface area contributed by atoms with Gasteiger partial charge in [-0.25, -0.2) is 4.79 Å². The Balaban J connectivity index is 3.48. The number of aliphatic hydroxyl groups excluding tert-OH is 1. The molecule has 0 bridgehead atoms. The Morgan fingerprint density at radius 2 is 1.89 bits per heavy atom. The molecule has 106 valence electrons. The Morgan fingerprint density at radius 1 is 1.32 bits per heavy atom. The van der Waals surface area contributed by atoms with Gasteiger partial charge in [0.1, 0.15) is 0 Å². The standard InChI is InChI=1S/C13H17ClO5/c1-5-7-8(10(15)13(16)19-4)6-9(14)12(18-3)11(7)17-2/h6,10,15H,5H2,1-4H3. The molecule has 1 rings (SSSR count). The van der Waals surface area contributed by atoms with E-state index in [9.17, 15) is 9.90 Å². The van der Waals surface area contributed by atoms with Crippen LogP contribution in [-0.4, -0.2) is 32.4 Å². The van der Waals surface area contributed by atoms with Crippen LogP contribution in [0.15, 0.2) is 6.07 Å². The van der Waals surface area contributed by atoms with Crippen molar-refractivity contribution in [3.05, 3.63) is 22.2 Å². The van der Waals surface area contributed by atoms with E-state index in [1.54, 1.807) is 0 Å². The lowest BCUT2D eigenvalue weighted by Crippen LogP contribution is -2.16. The second kappa shape index (κ2) is 6.63. The van der Waals surface area contributed by atoms with Gasteiger partial charge in [0.15, 0.2) is 17.6 Å². The molecule has 0 aliphatic heterocycles. The second-order valence-electron chi connectivity index (χ2n) is 3.77. The van der Waals surface area contributed by atoms with Crippen LogP contribution in [0.1, 0.15) is 24.2 Å². The number of rotatable bonds is 5. The topological polar surface area (TPSA) is 65.0 Å². The third-order valence-corrected chi connectivity index (χ3v) is 3.09. The van der Waals surface area contributed by atoms with Crippen molar-refractivity contribution in [3.8, 4) is 11.5 Å². The van der Waals surface area contributed by atoms with Gasteiger partial charge in [0.25, 0.3) is 0 Å². The van der Waals surface area contributed by atoms with E-state index in [0.29, 0.717) is 29.0 Å². The van der Waals surface area contributed by atoms with Crippen molar-refractivity contribution < 1.29 is 24.1 Å². The Kier molecular flexibility index (Phi) is 5.44. The molecule has 0 saturated carbocycles. The molecule has 1 aromatic rings. The Bertz CT molecular complexity index is 473. The summed E-state index contributed by atoms with van der Waals surface area (Å²) in [6.45, 7) is 1.87. The zero-order chi connectivity index (χ0) is 14.6. The van der Waals surface area contributed by atoms with E-state index in [4.69, 9.17) is 21.1 Å². The fraction of sp³-hybridized carbons (Fsp3) is 0.462. The average Bonchev–Trinajstić information content (AvgIpc) is 2.43. The normalized spacial score (nSPS) is 11.9. The maximum absolute atomic E-state index is 11.5. The highest BCUT2D eigenvalue weighted by Crippen LogP contribution is 2.42. The number of halogens is 1. The van der Waals surface area contributed by atoms with Crippen LogP contribution in [0.3, 0.4) is 0 Å². The van der Waals surface area contributed by atoms with Crippen LogP contribution in [0.5, 0.6) is 11.5 Å². The molecule has 0 aliphatic rings. The van der Waals surface area contributed by atoms with Gasteiger partial charge in [-0.3, -0.25) is 0 Å². The van der Waals surface area contributed by atoms with Crippen LogP contribution in [0.4, 0.5) is 0 Å². The van der Waals surface area contributed by atoms with Gasteiger partial charge in [-0.2, -0.15) is 0 Å². The smallest absolute Gasteiger partial charge is 0.339 e. The van der Waals surface area contributed by atoms with Crippen LogP contribution >= 0.6 is 11.6 Å². The number of ether oxygens (including phenoxy) is 3. The van der Waals surface area contributed by atoms with Crippen molar-refractivity contribution in [2.45, 2.75) is 19.4 Å². The van der Waals surface area contributed by atoms with Gasteiger partial charge in [0.05, 0.1) is 26.4 Å². The molecular weight excluding hydrogens is 272 g/mol. The summed E-state index contributed by atoms with van der Waals surface area (Å²) in [6, 6.07) is 1.49. The molecule has 0 spiro atoms. The summed E-state index contributed by atoms with van der Waals surface area (Å²) >= 11 is 6.07. The fourth-order valence-electron chi connectivity index (χ4n) is 1.92. The van der Waals surface area contributed by atoms with E-state index in [1.165, 1.54) is 27.4 Å². The number of carbonyl (C=O) groups excluding carboxylic acids is 1. The first-order valence-electron chi connectivity index (χ1n) is 5.70. The predicted molar refractivity (Wildman–Crippen MR) is 70.9 cm³/mol. The molecule has 19 heavy (non-hydrogen) atoms. The number of aliphatic hydroxyl groups is 1. The summed E-state index contributed by atoms with van der Waals surface area (Å²) in [6.07, 6.45) is -0.864. The number of esters is 1. The number of hydrogen-bond acceptors (Lipinski definition) is 5. The first-order valence-corrected chi connectivity index (χ1v) is 6.08. The lowest BCUT2D eigenvalue weighted by atomic mass is 9.98. The Morgan fingerprint density at radius 3 is 2.32 bits per heavy atom. The van der Waals surface area contributed by atoms with E-state index in [0.717, 1.165) is 0 Å². The molecule has 5 nitrogen and oxygen atoms in total. The number of carbonyl (C=O) groups is 1. The monoisotopic (exact) mass is 288 g/mol. The van der Waals surface area contributed by atoms with Crippen molar-refractivity contribution in [1.82, 2.24) is 0 Å². The van der Waals surface area contributed by atoms with Crippen LogP contribution in [0.2, 0.25) is 5.02 Å². The summed E-state index contributed by atoms with van der Waals surface area (Å²) < 4.78 is 15.0. The van der Waals surface area contributed by atoms with Crippen molar-refractivity contribution >= 4 is 17.6 Å². The van der Waals surface area contributed by atoms with Crippen molar-refractivity contribution in [1.29, 1.82) is 0 Å². The average molecular weight is 289 g/mol. The second-order valence-corrected chi connectivity index (χ2v) is 4.18. The van der Waals surface area contributed by atoms with Crippen molar-refractivity contribution in [2.75, 3.05) is 21.3 Å². The Hall–Kier alpha value is -1.46. The molecule has 0 aromatic heterocycles. The minimum absolute atomic E-state index is 0.259. The summed E-state index contributed by atoms with van der Waals surface area (Å²) in [5.41, 5.74) is 1.01. The largest absolute Gasteiger partial charge is 0.493 e. The first kappa shape index (κ1) is 15.6. The molecule has 0 saturated heterocycles. The maximum Gasteiger partial charge on any atom is 0.339 e. The number of benzene rings is 1. The molecule has 1 atom stereocenters. The van der Waals surface area contributed by atoms with Crippen molar-refractivity contribution in [2.24, 2.45) is 0 Å². The van der Waals surface area contributed by atoms with Gasteiger partial charge in [-0.15, -0.1) is 0 Å². The highest BCUT2D eigenvalue weighted by atomic mass is 35.5. The quantitative estimate of drug-likeness (QED) is 0.841. The molecule has 0 aliphatic carbocycles. The summed E-state index contributed by atoms with van der Waals surface area (Å²) in [5, 5.41) is 10.2. The summed E-state index contributed by atoms with van der Waals surface area (Å²) in [5.74, 6) is 0.0373. The predicted octanol–water partition coefficient (Wildman–Crippen LogP) is 2.13. The highest BCUT2D eigenvalue weighted by Gasteiger charge is 2.26. The minimum atomic E-state index is -1.41. The van der Waals surface area contributed by atoms with Crippen LogP contribution in [-0.2, 0) is 16.0 Å². The van der Waals surface area contributed by atoms with Crippen molar-refractivity contribution in [3.63, 3.8) is 0 Å². The third kappa shape index (κ3) is 2.93. The fourth-order valence-corrected chi connectivity index (χ4v) is 2.20. The summed E-state index contributed by atoms with van der Waals surface area (Å²) in [7, 11) is 4.15. The first-order chi connectivity index (χ1) is 9.01. The molecule has 0 radical (unpaired) electrons. The van der Waals surface area contributed by atoms with E-state index in [2.05, 4.69) is 4.74 Å². The van der Waals surface area contributed by atoms with Gasteiger partial charge in [-0.05, 0) is 12.5 Å². The molecule has 1 unspecified atom stereocenters. The lowest BCUT2D eigenvalue weighted by Gasteiger charge is -2.19. The Labute approximate surface area is 117 Å². The van der Waals surface area contributed by atoms with Crippen LogP contribution in [0.25, 0.3) is 0 Å². The molecule has 1 N–H and O–H groups in total. The van der Waals surface area contributed by atoms with Crippen LogP contribution < -0.4 is 9.47 Å². The molecule has 0 heterocycles. The molecule has 0 amide bonds. The molecular formula is C13H17ClO5.